The number of rotatable bonds is 5. The molecule has 4 nitrogen and oxygen atoms in total. The Morgan fingerprint density at radius 2 is 1.93 bits per heavy atom. The second kappa shape index (κ2) is 7.74. The molecule has 0 saturated heterocycles. The van der Waals surface area contributed by atoms with Crippen LogP contribution < -0.4 is 5.73 Å². The molecule has 1 aromatic heterocycles. The maximum Gasteiger partial charge on any atom is 0.221 e. The van der Waals surface area contributed by atoms with Crippen molar-refractivity contribution in [3.63, 3.8) is 0 Å². The summed E-state index contributed by atoms with van der Waals surface area (Å²) in [6.45, 7) is 0. The van der Waals surface area contributed by atoms with E-state index in [0.29, 0.717) is 5.02 Å². The van der Waals surface area contributed by atoms with E-state index >= 15 is 0 Å². The van der Waals surface area contributed by atoms with E-state index in [4.69, 9.17) is 22.3 Å². The number of aryl methyl sites for hydroxylation is 1. The zero-order valence-corrected chi connectivity index (χ0v) is 16.1. The second-order valence-electron chi connectivity index (χ2n) is 7.17. The van der Waals surface area contributed by atoms with Gasteiger partial charge in [-0.2, -0.15) is 0 Å². The summed E-state index contributed by atoms with van der Waals surface area (Å²) in [5.41, 5.74) is 11.7. The van der Waals surface area contributed by atoms with Crippen LogP contribution >= 0.6 is 11.6 Å². The van der Waals surface area contributed by atoms with Crippen molar-refractivity contribution in [2.24, 2.45) is 5.73 Å². The maximum atomic E-state index is 11.1. The Morgan fingerprint density at radius 3 is 2.64 bits per heavy atom. The number of nitrogens with two attached hydrogens (primary N) is 1. The highest BCUT2D eigenvalue weighted by atomic mass is 35.5. The molecule has 1 aliphatic rings. The fourth-order valence-electron chi connectivity index (χ4n) is 3.81. The molecule has 28 heavy (non-hydrogen) atoms. The number of aliphatic hydroxyl groups excluding tert-OH is 1. The van der Waals surface area contributed by atoms with Crippen LogP contribution in [0.2, 0.25) is 5.02 Å². The number of pyridine rings is 1. The number of hydrogen-bond donors (Lipinski definition) is 2. The van der Waals surface area contributed by atoms with Gasteiger partial charge in [0.1, 0.15) is 6.10 Å². The molecule has 1 heterocycles. The number of aromatic nitrogens is 1. The summed E-state index contributed by atoms with van der Waals surface area (Å²) >= 11 is 6.15. The second-order valence-corrected chi connectivity index (χ2v) is 7.61. The number of fused-ring (bicyclic) bond motifs is 1. The molecule has 0 radical (unpaired) electrons. The summed E-state index contributed by atoms with van der Waals surface area (Å²) in [4.78, 5) is 15.9. The highest BCUT2D eigenvalue weighted by Crippen LogP contribution is 2.35. The number of halogens is 1. The van der Waals surface area contributed by atoms with Gasteiger partial charge in [0.15, 0.2) is 0 Å². The summed E-state index contributed by atoms with van der Waals surface area (Å²) in [7, 11) is 0. The summed E-state index contributed by atoms with van der Waals surface area (Å²) < 4.78 is 0. The predicted octanol–water partition coefficient (Wildman–Crippen LogP) is 4.00. The van der Waals surface area contributed by atoms with Crippen molar-refractivity contribution in [2.75, 3.05) is 0 Å². The Morgan fingerprint density at radius 1 is 1.14 bits per heavy atom. The zero-order chi connectivity index (χ0) is 19.7. The predicted molar refractivity (Wildman–Crippen MR) is 110 cm³/mol. The summed E-state index contributed by atoms with van der Waals surface area (Å²) in [5, 5.41) is 11.8. The van der Waals surface area contributed by atoms with Gasteiger partial charge in [-0.15, -0.1) is 0 Å². The van der Waals surface area contributed by atoms with Crippen LogP contribution in [0.25, 0.3) is 11.3 Å². The van der Waals surface area contributed by atoms with E-state index < -0.39 is 6.10 Å². The molecule has 5 heteroatoms. The van der Waals surface area contributed by atoms with Gasteiger partial charge >= 0.3 is 0 Å². The highest BCUT2D eigenvalue weighted by molar-refractivity contribution is 6.30. The molecule has 3 aromatic rings. The van der Waals surface area contributed by atoms with Gasteiger partial charge < -0.3 is 10.8 Å². The van der Waals surface area contributed by atoms with Crippen LogP contribution in [0.5, 0.6) is 0 Å². The molecule has 0 bridgehead atoms. The lowest BCUT2D eigenvalue weighted by Crippen LogP contribution is -2.13. The van der Waals surface area contributed by atoms with Crippen LogP contribution in [0.4, 0.5) is 0 Å². The van der Waals surface area contributed by atoms with Crippen molar-refractivity contribution in [1.29, 1.82) is 0 Å². The Kier molecular flexibility index (Phi) is 5.16. The molecular formula is C23H21ClN2O2. The molecule has 142 valence electrons. The molecule has 1 amide bonds. The van der Waals surface area contributed by atoms with Gasteiger partial charge in [-0.3, -0.25) is 9.78 Å². The van der Waals surface area contributed by atoms with Gasteiger partial charge in [-0.1, -0.05) is 48.0 Å². The average molecular weight is 393 g/mol. The lowest BCUT2D eigenvalue weighted by molar-refractivity contribution is -0.117. The summed E-state index contributed by atoms with van der Waals surface area (Å²) in [6.07, 6.45) is 2.32. The van der Waals surface area contributed by atoms with E-state index in [2.05, 4.69) is 0 Å². The molecular weight excluding hydrogens is 372 g/mol. The largest absolute Gasteiger partial charge is 0.384 e. The molecule has 0 spiro atoms. The van der Waals surface area contributed by atoms with Gasteiger partial charge in [0.05, 0.1) is 12.1 Å². The van der Waals surface area contributed by atoms with Gasteiger partial charge in [0.25, 0.3) is 0 Å². The fourth-order valence-corrected chi connectivity index (χ4v) is 4.00. The molecule has 0 fully saturated rings. The van der Waals surface area contributed by atoms with E-state index in [1.54, 1.807) is 0 Å². The third-order valence-electron chi connectivity index (χ3n) is 5.17. The number of nitrogens with zero attached hydrogens (tertiary/aromatic N) is 1. The normalized spacial score (nSPS) is 13.9. The molecule has 2 aromatic carbocycles. The van der Waals surface area contributed by atoms with Gasteiger partial charge in [0.2, 0.25) is 5.91 Å². The van der Waals surface area contributed by atoms with E-state index in [0.717, 1.165) is 58.5 Å². The van der Waals surface area contributed by atoms with Crippen LogP contribution in [0.15, 0.2) is 54.6 Å². The molecule has 0 aliphatic heterocycles. The van der Waals surface area contributed by atoms with Crippen molar-refractivity contribution >= 4 is 17.5 Å². The fraction of sp³-hybridized carbons (Fsp3) is 0.217. The van der Waals surface area contributed by atoms with Crippen LogP contribution in [-0.2, 0) is 24.1 Å². The highest BCUT2D eigenvalue weighted by Gasteiger charge is 2.23. The minimum Gasteiger partial charge on any atom is -0.384 e. The molecule has 1 atom stereocenters. The van der Waals surface area contributed by atoms with Gasteiger partial charge in [0, 0.05) is 16.3 Å². The van der Waals surface area contributed by atoms with Crippen molar-refractivity contribution in [2.45, 2.75) is 31.8 Å². The van der Waals surface area contributed by atoms with Crippen LogP contribution in [0, 0.1) is 0 Å². The van der Waals surface area contributed by atoms with E-state index in [1.165, 1.54) is 0 Å². The molecule has 1 aliphatic carbocycles. The maximum absolute atomic E-state index is 11.1. The van der Waals surface area contributed by atoms with Crippen LogP contribution in [0.1, 0.15) is 40.5 Å². The van der Waals surface area contributed by atoms with Crippen molar-refractivity contribution in [3.05, 3.63) is 87.6 Å². The van der Waals surface area contributed by atoms with E-state index in [-0.39, 0.29) is 12.3 Å². The van der Waals surface area contributed by atoms with Gasteiger partial charge in [-0.25, -0.2) is 0 Å². The first-order valence-corrected chi connectivity index (χ1v) is 9.73. The standard InChI is InChI=1S/C23H21ClN2O2/c24-17-4-1-3-16(12-17)21-13-19(18-5-2-6-20(18)26-21)23(28)15-9-7-14(8-10-15)11-22(25)27/h1,3-4,7-10,12-13,23,28H,2,5-6,11H2,(H2,25,27). The van der Waals surface area contributed by atoms with Crippen LogP contribution in [0.3, 0.4) is 0 Å². The van der Waals surface area contributed by atoms with Crippen molar-refractivity contribution in [1.82, 2.24) is 4.98 Å². The van der Waals surface area contributed by atoms with E-state index in [9.17, 15) is 9.90 Å². The van der Waals surface area contributed by atoms with Gasteiger partial charge in [-0.05, 0) is 59.7 Å². The first kappa shape index (κ1) is 18.7. The van der Waals surface area contributed by atoms with Crippen molar-refractivity contribution < 1.29 is 9.90 Å². The number of aliphatic hydroxyl groups is 1. The lowest BCUT2D eigenvalue weighted by atomic mass is 9.94. The third-order valence-corrected chi connectivity index (χ3v) is 5.41. The zero-order valence-electron chi connectivity index (χ0n) is 15.4. The molecule has 3 N–H and O–H groups in total. The monoisotopic (exact) mass is 392 g/mol. The Labute approximate surface area is 169 Å². The molecule has 0 saturated carbocycles. The topological polar surface area (TPSA) is 76.2 Å². The first-order valence-electron chi connectivity index (χ1n) is 9.35. The SMILES string of the molecule is NC(=O)Cc1ccc(C(O)c2cc(-c3cccc(Cl)c3)nc3c2CCC3)cc1. The first-order chi connectivity index (χ1) is 13.5. The Hall–Kier alpha value is -2.69. The van der Waals surface area contributed by atoms with E-state index in [1.807, 2.05) is 54.6 Å². The third kappa shape index (κ3) is 3.79. The number of primary amides is 1. The minimum atomic E-state index is -0.754. The smallest absolute Gasteiger partial charge is 0.221 e. The quantitative estimate of drug-likeness (QED) is 0.689. The molecule has 4 rings (SSSR count). The van der Waals surface area contributed by atoms with Crippen molar-refractivity contribution in [3.8, 4) is 11.3 Å². The average Bonchev–Trinajstić information content (AvgIpc) is 3.15. The Bertz CT molecular complexity index is 1030. The number of hydrogen-bond acceptors (Lipinski definition) is 3. The summed E-state index contributed by atoms with van der Waals surface area (Å²) in [6, 6.07) is 16.9. The Balaban J connectivity index is 1.73. The molecule has 1 unspecified atom stereocenters. The lowest BCUT2D eigenvalue weighted by Gasteiger charge is -2.18. The number of amides is 1. The van der Waals surface area contributed by atoms with Crippen LogP contribution in [-0.4, -0.2) is 16.0 Å². The summed E-state index contributed by atoms with van der Waals surface area (Å²) in [5.74, 6) is -0.369. The number of carbonyl (C=O) groups is 1. The number of benzene rings is 2. The number of carbonyl (C=O) groups excluding carboxylic acids is 1. The minimum absolute atomic E-state index is 0.194.